The van der Waals surface area contributed by atoms with Crippen LogP contribution in [0.25, 0.3) is 16.9 Å². The molecule has 2 amide bonds. The van der Waals surface area contributed by atoms with Gasteiger partial charge in [-0.25, -0.2) is 4.68 Å². The van der Waals surface area contributed by atoms with Crippen LogP contribution < -0.4 is 10.2 Å². The van der Waals surface area contributed by atoms with Crippen LogP contribution in [0, 0.1) is 6.92 Å². The van der Waals surface area contributed by atoms with E-state index in [1.807, 2.05) is 80.1 Å². The van der Waals surface area contributed by atoms with Gasteiger partial charge < -0.3 is 5.32 Å². The summed E-state index contributed by atoms with van der Waals surface area (Å²) in [6.07, 6.45) is 0. The Labute approximate surface area is 219 Å². The molecule has 4 aromatic rings. The van der Waals surface area contributed by atoms with Gasteiger partial charge in [-0.2, -0.15) is 5.10 Å². The molecule has 1 N–H and O–H groups in total. The van der Waals surface area contributed by atoms with Gasteiger partial charge >= 0.3 is 0 Å². The van der Waals surface area contributed by atoms with Crippen molar-refractivity contribution in [3.05, 3.63) is 88.1 Å². The molecular weight excluding hydrogens is 488 g/mol. The number of aryl methyl sites for hydroxylation is 1. The summed E-state index contributed by atoms with van der Waals surface area (Å²) in [6.45, 7) is 5.81. The number of nitrogens with one attached hydrogen (secondary N) is 1. The van der Waals surface area contributed by atoms with E-state index in [9.17, 15) is 9.59 Å². The summed E-state index contributed by atoms with van der Waals surface area (Å²) in [4.78, 5) is 29.3. The highest BCUT2D eigenvalue weighted by Crippen LogP contribution is 2.49. The minimum absolute atomic E-state index is 0.0196. The van der Waals surface area contributed by atoms with Gasteiger partial charge in [-0.1, -0.05) is 48.5 Å². The Balaban J connectivity index is 1.79. The number of hydrogen-bond acceptors (Lipinski definition) is 5. The standard InChI is InChI=1S/C28H28N4O2S2/c1-18(2)29-23(33)16-31-24(34)17-36-27(22-13-8-14-35-22)25-26(20-10-5-4-6-11-20)30-32(28(25)31)21-12-7-9-19(3)15-21/h4-15,18,27H,16-17H2,1-3H3,(H,29,33). The van der Waals surface area contributed by atoms with Crippen molar-refractivity contribution in [3.63, 3.8) is 0 Å². The third kappa shape index (κ3) is 4.83. The number of anilines is 1. The number of hydrogen-bond donors (Lipinski definition) is 1. The van der Waals surface area contributed by atoms with E-state index in [0.717, 1.165) is 32.9 Å². The van der Waals surface area contributed by atoms with Gasteiger partial charge in [0.25, 0.3) is 0 Å². The van der Waals surface area contributed by atoms with E-state index in [0.29, 0.717) is 5.82 Å². The average Bonchev–Trinajstić information content (AvgIpc) is 3.49. The maximum atomic E-state index is 13.6. The minimum Gasteiger partial charge on any atom is -0.352 e. The Morgan fingerprint density at radius 3 is 2.61 bits per heavy atom. The smallest absolute Gasteiger partial charge is 0.240 e. The van der Waals surface area contributed by atoms with E-state index in [2.05, 4.69) is 22.8 Å². The molecule has 0 radical (unpaired) electrons. The Hall–Kier alpha value is -3.36. The van der Waals surface area contributed by atoms with E-state index in [-0.39, 0.29) is 35.4 Å². The second kappa shape index (κ2) is 10.3. The molecule has 0 saturated heterocycles. The Bertz CT molecular complexity index is 1380. The fourth-order valence-electron chi connectivity index (χ4n) is 4.44. The molecule has 6 nitrogen and oxygen atoms in total. The SMILES string of the molecule is Cc1cccc(-n2nc(-c3ccccc3)c3c2N(CC(=O)NC(C)C)C(=O)CSC3c2cccs2)c1. The third-order valence-electron chi connectivity index (χ3n) is 5.94. The number of carbonyl (C=O) groups is 2. The van der Waals surface area contributed by atoms with E-state index in [1.165, 1.54) is 0 Å². The fourth-order valence-corrected chi connectivity index (χ4v) is 6.62. The quantitative estimate of drug-likeness (QED) is 0.362. The second-order valence-corrected chi connectivity index (χ2v) is 11.2. The highest BCUT2D eigenvalue weighted by atomic mass is 32.2. The lowest BCUT2D eigenvalue weighted by Gasteiger charge is -2.23. The Morgan fingerprint density at radius 1 is 1.11 bits per heavy atom. The summed E-state index contributed by atoms with van der Waals surface area (Å²) in [5.41, 5.74) is 4.70. The lowest BCUT2D eigenvalue weighted by Crippen LogP contribution is -2.44. The van der Waals surface area contributed by atoms with Crippen LogP contribution in [0.4, 0.5) is 5.82 Å². The average molecular weight is 517 g/mol. The number of thioether (sulfide) groups is 1. The van der Waals surface area contributed by atoms with Crippen molar-refractivity contribution in [1.82, 2.24) is 15.1 Å². The van der Waals surface area contributed by atoms with Gasteiger partial charge in [0, 0.05) is 22.0 Å². The first-order valence-electron chi connectivity index (χ1n) is 11.9. The highest BCUT2D eigenvalue weighted by Gasteiger charge is 2.38. The lowest BCUT2D eigenvalue weighted by atomic mass is 10.0. The first-order valence-corrected chi connectivity index (χ1v) is 13.9. The molecule has 0 spiro atoms. The molecule has 0 fully saturated rings. The van der Waals surface area contributed by atoms with E-state index < -0.39 is 0 Å². The lowest BCUT2D eigenvalue weighted by molar-refractivity contribution is -0.123. The van der Waals surface area contributed by atoms with Gasteiger partial charge in [-0.15, -0.1) is 23.1 Å². The van der Waals surface area contributed by atoms with E-state index in [4.69, 9.17) is 5.10 Å². The van der Waals surface area contributed by atoms with Crippen LogP contribution in [0.3, 0.4) is 0 Å². The van der Waals surface area contributed by atoms with Gasteiger partial charge in [0.2, 0.25) is 11.8 Å². The number of nitrogens with zero attached hydrogens (tertiary/aromatic N) is 3. The van der Waals surface area contributed by atoms with Crippen LogP contribution in [-0.4, -0.2) is 39.9 Å². The van der Waals surface area contributed by atoms with Crippen LogP contribution in [0.15, 0.2) is 72.1 Å². The topological polar surface area (TPSA) is 67.2 Å². The van der Waals surface area contributed by atoms with Crippen molar-refractivity contribution in [1.29, 1.82) is 0 Å². The zero-order valence-electron chi connectivity index (χ0n) is 20.5. The van der Waals surface area contributed by atoms with Crippen LogP contribution in [0.1, 0.15) is 35.1 Å². The van der Waals surface area contributed by atoms with Crippen molar-refractivity contribution >= 4 is 40.7 Å². The molecule has 0 saturated carbocycles. The molecular formula is C28H28N4O2S2. The minimum atomic E-state index is -0.192. The van der Waals surface area contributed by atoms with Crippen molar-refractivity contribution in [2.24, 2.45) is 0 Å². The number of thiophene rings is 1. The van der Waals surface area contributed by atoms with E-state index >= 15 is 0 Å². The number of aromatic nitrogens is 2. The molecule has 184 valence electrons. The first-order chi connectivity index (χ1) is 17.4. The molecule has 1 atom stereocenters. The summed E-state index contributed by atoms with van der Waals surface area (Å²) in [6, 6.07) is 22.3. The van der Waals surface area contributed by atoms with Gasteiger partial charge in [0.15, 0.2) is 0 Å². The zero-order chi connectivity index (χ0) is 25.2. The summed E-state index contributed by atoms with van der Waals surface area (Å²) in [7, 11) is 0. The van der Waals surface area contributed by atoms with Crippen molar-refractivity contribution in [2.75, 3.05) is 17.2 Å². The van der Waals surface area contributed by atoms with Crippen LogP contribution in [0.2, 0.25) is 0 Å². The molecule has 1 aliphatic heterocycles. The van der Waals surface area contributed by atoms with Gasteiger partial charge in [-0.3, -0.25) is 14.5 Å². The van der Waals surface area contributed by atoms with Gasteiger partial charge in [0.05, 0.1) is 22.4 Å². The number of carbonyl (C=O) groups excluding carboxylic acids is 2. The molecule has 1 unspecified atom stereocenters. The largest absolute Gasteiger partial charge is 0.352 e. The fraction of sp³-hybridized carbons (Fsp3) is 0.250. The molecule has 3 heterocycles. The Morgan fingerprint density at radius 2 is 1.92 bits per heavy atom. The van der Waals surface area contributed by atoms with Crippen LogP contribution >= 0.6 is 23.1 Å². The van der Waals surface area contributed by atoms with Crippen molar-refractivity contribution < 1.29 is 9.59 Å². The Kier molecular flexibility index (Phi) is 6.98. The second-order valence-electron chi connectivity index (χ2n) is 9.11. The zero-order valence-corrected chi connectivity index (χ0v) is 22.1. The molecule has 0 bridgehead atoms. The van der Waals surface area contributed by atoms with E-state index in [1.54, 1.807) is 28.0 Å². The van der Waals surface area contributed by atoms with Crippen molar-refractivity contribution in [3.8, 4) is 16.9 Å². The molecule has 0 aliphatic carbocycles. The summed E-state index contributed by atoms with van der Waals surface area (Å²) in [5, 5.41) is 10.0. The molecule has 36 heavy (non-hydrogen) atoms. The van der Waals surface area contributed by atoms with Crippen LogP contribution in [-0.2, 0) is 9.59 Å². The summed E-state index contributed by atoms with van der Waals surface area (Å²) >= 11 is 3.26. The third-order valence-corrected chi connectivity index (χ3v) is 8.26. The highest BCUT2D eigenvalue weighted by molar-refractivity contribution is 8.00. The monoisotopic (exact) mass is 516 g/mol. The van der Waals surface area contributed by atoms with Gasteiger partial charge in [-0.05, 0) is 49.9 Å². The molecule has 8 heteroatoms. The molecule has 5 rings (SSSR count). The van der Waals surface area contributed by atoms with Crippen LogP contribution in [0.5, 0.6) is 0 Å². The number of fused-ring (bicyclic) bond motifs is 1. The molecule has 1 aliphatic rings. The van der Waals surface area contributed by atoms with Gasteiger partial charge in [0.1, 0.15) is 12.4 Å². The molecule has 2 aromatic heterocycles. The maximum absolute atomic E-state index is 13.6. The number of rotatable bonds is 6. The normalized spacial score (nSPS) is 15.6. The molecule has 2 aromatic carbocycles. The predicted molar refractivity (Wildman–Crippen MR) is 148 cm³/mol. The van der Waals surface area contributed by atoms with Crippen molar-refractivity contribution in [2.45, 2.75) is 32.1 Å². The summed E-state index contributed by atoms with van der Waals surface area (Å²) in [5.74, 6) is 0.635. The first kappa shape index (κ1) is 24.3. The number of benzene rings is 2. The summed E-state index contributed by atoms with van der Waals surface area (Å²) < 4.78 is 1.84. The maximum Gasteiger partial charge on any atom is 0.240 e. The predicted octanol–water partition coefficient (Wildman–Crippen LogP) is 5.60. The number of amides is 2.